The van der Waals surface area contributed by atoms with E-state index in [1.807, 2.05) is 66.7 Å². The molecule has 1 fully saturated rings. The Morgan fingerprint density at radius 2 is 1.75 bits per heavy atom. The Bertz CT molecular complexity index is 1070. The lowest BCUT2D eigenvalue weighted by atomic mass is 10.1. The molecule has 1 atom stereocenters. The standard InChI is InChI=1S/C26H27N3O3/c27-25(30)24-10-5-15-29(24)17-20-6-4-7-22(16-20)28-26(31)21-13-11-19(12-14-21)18-32-23-8-2-1-3-9-23/h1-4,6-9,11-14,16,24H,5,10,15,17-18H2,(H2,27,30)(H,28,31). The fourth-order valence-electron chi connectivity index (χ4n) is 3.96. The predicted octanol–water partition coefficient (Wildman–Crippen LogP) is 3.97. The number of amides is 2. The summed E-state index contributed by atoms with van der Waals surface area (Å²) in [6, 6.07) is 24.5. The molecular weight excluding hydrogens is 402 g/mol. The Labute approximate surface area is 188 Å². The van der Waals surface area contributed by atoms with Gasteiger partial charge in [0, 0.05) is 17.8 Å². The minimum absolute atomic E-state index is 0.172. The average molecular weight is 430 g/mol. The van der Waals surface area contributed by atoms with E-state index in [1.165, 1.54) is 0 Å². The molecule has 6 heteroatoms. The number of carbonyl (C=O) groups is 2. The van der Waals surface area contributed by atoms with E-state index in [2.05, 4.69) is 10.2 Å². The van der Waals surface area contributed by atoms with E-state index in [4.69, 9.17) is 10.5 Å². The summed E-state index contributed by atoms with van der Waals surface area (Å²) in [6.07, 6.45) is 1.77. The maximum atomic E-state index is 12.7. The summed E-state index contributed by atoms with van der Waals surface area (Å²) in [6.45, 7) is 1.93. The maximum absolute atomic E-state index is 12.7. The molecule has 3 aromatic rings. The van der Waals surface area contributed by atoms with Crippen molar-refractivity contribution in [2.75, 3.05) is 11.9 Å². The highest BCUT2D eigenvalue weighted by Gasteiger charge is 2.28. The van der Waals surface area contributed by atoms with Crippen molar-refractivity contribution in [3.63, 3.8) is 0 Å². The quantitative estimate of drug-likeness (QED) is 0.568. The summed E-state index contributed by atoms with van der Waals surface area (Å²) in [4.78, 5) is 26.4. The van der Waals surface area contributed by atoms with Crippen LogP contribution in [-0.2, 0) is 17.9 Å². The molecule has 3 N–H and O–H groups in total. The van der Waals surface area contributed by atoms with E-state index in [0.29, 0.717) is 18.7 Å². The van der Waals surface area contributed by atoms with Crippen molar-refractivity contribution < 1.29 is 14.3 Å². The van der Waals surface area contributed by atoms with E-state index in [-0.39, 0.29) is 17.9 Å². The van der Waals surface area contributed by atoms with Crippen molar-refractivity contribution in [1.29, 1.82) is 0 Å². The number of nitrogens with zero attached hydrogens (tertiary/aromatic N) is 1. The number of ether oxygens (including phenoxy) is 1. The third kappa shape index (κ3) is 5.53. The number of hydrogen-bond donors (Lipinski definition) is 2. The molecular formula is C26H27N3O3. The first kappa shape index (κ1) is 21.6. The topological polar surface area (TPSA) is 84.7 Å². The second-order valence-corrected chi connectivity index (χ2v) is 7.98. The van der Waals surface area contributed by atoms with Gasteiger partial charge in [-0.25, -0.2) is 0 Å². The van der Waals surface area contributed by atoms with Crippen LogP contribution in [0.2, 0.25) is 0 Å². The zero-order chi connectivity index (χ0) is 22.3. The van der Waals surface area contributed by atoms with E-state index < -0.39 is 0 Å². The highest BCUT2D eigenvalue weighted by molar-refractivity contribution is 6.04. The molecule has 1 unspecified atom stereocenters. The molecule has 1 aliphatic rings. The van der Waals surface area contributed by atoms with Crippen LogP contribution in [0.15, 0.2) is 78.9 Å². The first-order valence-corrected chi connectivity index (χ1v) is 10.8. The normalized spacial score (nSPS) is 15.9. The molecule has 0 saturated carbocycles. The Hall–Kier alpha value is -3.64. The Morgan fingerprint density at radius 1 is 0.969 bits per heavy atom. The van der Waals surface area contributed by atoms with Gasteiger partial charge in [0.25, 0.3) is 5.91 Å². The number of benzene rings is 3. The van der Waals surface area contributed by atoms with Crippen LogP contribution in [0.4, 0.5) is 5.69 Å². The zero-order valence-corrected chi connectivity index (χ0v) is 17.9. The Kier molecular flexibility index (Phi) is 6.82. The summed E-state index contributed by atoms with van der Waals surface area (Å²) in [5.41, 5.74) is 8.83. The van der Waals surface area contributed by atoms with Crippen molar-refractivity contribution in [1.82, 2.24) is 4.90 Å². The number of nitrogens with two attached hydrogens (primary N) is 1. The zero-order valence-electron chi connectivity index (χ0n) is 17.9. The molecule has 1 aliphatic heterocycles. The summed E-state index contributed by atoms with van der Waals surface area (Å²) < 4.78 is 5.74. The van der Waals surface area contributed by atoms with Gasteiger partial charge in [0.05, 0.1) is 6.04 Å². The fraction of sp³-hybridized carbons (Fsp3) is 0.231. The van der Waals surface area contributed by atoms with Gasteiger partial charge in [-0.1, -0.05) is 42.5 Å². The van der Waals surface area contributed by atoms with Gasteiger partial charge >= 0.3 is 0 Å². The highest BCUT2D eigenvalue weighted by atomic mass is 16.5. The molecule has 0 spiro atoms. The Morgan fingerprint density at radius 3 is 2.50 bits per heavy atom. The lowest BCUT2D eigenvalue weighted by Crippen LogP contribution is -2.39. The fourth-order valence-corrected chi connectivity index (χ4v) is 3.96. The van der Waals surface area contributed by atoms with Gasteiger partial charge in [-0.2, -0.15) is 0 Å². The smallest absolute Gasteiger partial charge is 0.255 e. The van der Waals surface area contributed by atoms with Gasteiger partial charge in [-0.15, -0.1) is 0 Å². The molecule has 1 heterocycles. The van der Waals surface area contributed by atoms with E-state index in [1.54, 1.807) is 12.1 Å². The average Bonchev–Trinajstić information content (AvgIpc) is 3.27. The summed E-state index contributed by atoms with van der Waals surface area (Å²) in [5, 5.41) is 2.95. The maximum Gasteiger partial charge on any atom is 0.255 e. The molecule has 3 aromatic carbocycles. The number of likely N-dealkylation sites (tertiary alicyclic amines) is 1. The predicted molar refractivity (Wildman–Crippen MR) is 124 cm³/mol. The van der Waals surface area contributed by atoms with Crippen LogP contribution in [0, 0.1) is 0 Å². The van der Waals surface area contributed by atoms with Gasteiger partial charge in [0.1, 0.15) is 12.4 Å². The number of para-hydroxylation sites is 1. The number of nitrogens with one attached hydrogen (secondary N) is 1. The summed E-state index contributed by atoms with van der Waals surface area (Å²) in [7, 11) is 0. The van der Waals surface area contributed by atoms with Crippen LogP contribution in [0.25, 0.3) is 0 Å². The summed E-state index contributed by atoms with van der Waals surface area (Å²) >= 11 is 0. The first-order chi connectivity index (χ1) is 15.6. The molecule has 164 valence electrons. The minimum Gasteiger partial charge on any atom is -0.489 e. The SMILES string of the molecule is NC(=O)C1CCCN1Cc1cccc(NC(=O)c2ccc(COc3ccccc3)cc2)c1. The number of hydrogen-bond acceptors (Lipinski definition) is 4. The summed E-state index contributed by atoms with van der Waals surface area (Å²) in [5.74, 6) is 0.365. The van der Waals surface area contributed by atoms with Crippen LogP contribution in [-0.4, -0.2) is 29.3 Å². The van der Waals surface area contributed by atoms with Crippen molar-refractivity contribution in [2.24, 2.45) is 5.73 Å². The third-order valence-corrected chi connectivity index (χ3v) is 5.63. The molecule has 0 radical (unpaired) electrons. The molecule has 0 aliphatic carbocycles. The van der Waals surface area contributed by atoms with Gasteiger partial charge in [-0.05, 0) is 66.9 Å². The van der Waals surface area contributed by atoms with Gasteiger partial charge < -0.3 is 15.8 Å². The lowest BCUT2D eigenvalue weighted by Gasteiger charge is -2.22. The van der Waals surface area contributed by atoms with E-state index in [9.17, 15) is 9.59 Å². The third-order valence-electron chi connectivity index (χ3n) is 5.63. The molecule has 1 saturated heterocycles. The van der Waals surface area contributed by atoms with Gasteiger partial charge in [-0.3, -0.25) is 14.5 Å². The molecule has 6 nitrogen and oxygen atoms in total. The second kappa shape index (κ2) is 10.1. The van der Waals surface area contributed by atoms with Crippen LogP contribution < -0.4 is 15.8 Å². The molecule has 0 aromatic heterocycles. The monoisotopic (exact) mass is 429 g/mol. The van der Waals surface area contributed by atoms with Crippen molar-refractivity contribution >= 4 is 17.5 Å². The molecule has 32 heavy (non-hydrogen) atoms. The van der Waals surface area contributed by atoms with Crippen molar-refractivity contribution in [3.8, 4) is 5.75 Å². The highest BCUT2D eigenvalue weighted by Crippen LogP contribution is 2.21. The van der Waals surface area contributed by atoms with Crippen LogP contribution in [0.3, 0.4) is 0 Å². The number of anilines is 1. The van der Waals surface area contributed by atoms with Crippen LogP contribution in [0.5, 0.6) is 5.75 Å². The van der Waals surface area contributed by atoms with Crippen LogP contribution in [0.1, 0.15) is 34.3 Å². The number of primary amides is 1. The Balaban J connectivity index is 1.34. The number of rotatable bonds is 8. The molecule has 0 bridgehead atoms. The first-order valence-electron chi connectivity index (χ1n) is 10.8. The van der Waals surface area contributed by atoms with E-state index in [0.717, 1.165) is 42.0 Å². The van der Waals surface area contributed by atoms with Gasteiger partial charge in [0.2, 0.25) is 5.91 Å². The van der Waals surface area contributed by atoms with E-state index >= 15 is 0 Å². The van der Waals surface area contributed by atoms with Crippen LogP contribution >= 0.6 is 0 Å². The van der Waals surface area contributed by atoms with Gasteiger partial charge in [0.15, 0.2) is 0 Å². The second-order valence-electron chi connectivity index (χ2n) is 7.98. The largest absolute Gasteiger partial charge is 0.489 e. The van der Waals surface area contributed by atoms with Crippen molar-refractivity contribution in [2.45, 2.75) is 32.0 Å². The molecule has 4 rings (SSSR count). The lowest BCUT2D eigenvalue weighted by molar-refractivity contribution is -0.122. The minimum atomic E-state index is -0.274. The van der Waals surface area contributed by atoms with Crippen molar-refractivity contribution in [3.05, 3.63) is 95.6 Å². The molecule has 2 amide bonds. The number of carbonyl (C=O) groups excluding carboxylic acids is 2.